The molecule has 3 aliphatic rings. The summed E-state index contributed by atoms with van der Waals surface area (Å²) >= 11 is 0. The summed E-state index contributed by atoms with van der Waals surface area (Å²) in [6.07, 6.45) is 4.63. The molecule has 0 bridgehead atoms. The van der Waals surface area contributed by atoms with Crippen LogP contribution in [0.2, 0.25) is 0 Å². The summed E-state index contributed by atoms with van der Waals surface area (Å²) in [6, 6.07) is 0.0959. The van der Waals surface area contributed by atoms with E-state index in [0.717, 1.165) is 38.6 Å². The van der Waals surface area contributed by atoms with Crippen molar-refractivity contribution in [1.82, 2.24) is 4.90 Å². The maximum atomic E-state index is 12.6. The number of rotatable bonds is 0. The number of amides is 1. The van der Waals surface area contributed by atoms with E-state index in [9.17, 15) is 9.59 Å². The smallest absolute Gasteiger partial charge is 0.410 e. The normalized spacial score (nSPS) is 39.1. The van der Waals surface area contributed by atoms with Crippen LogP contribution in [-0.4, -0.2) is 35.0 Å². The van der Waals surface area contributed by atoms with E-state index in [1.54, 1.807) is 0 Å². The molecule has 3 rings (SSSR count). The van der Waals surface area contributed by atoms with Crippen LogP contribution >= 0.6 is 0 Å². The molecule has 2 aliphatic carbocycles. The Kier molecular flexibility index (Phi) is 3.34. The molecule has 21 heavy (non-hydrogen) atoms. The summed E-state index contributed by atoms with van der Waals surface area (Å²) in [5.74, 6) is 1.09. The lowest BCUT2D eigenvalue weighted by molar-refractivity contribution is -0.177. The van der Waals surface area contributed by atoms with Crippen molar-refractivity contribution in [1.29, 1.82) is 0 Å². The molecular weight excluding hydrogens is 266 g/mol. The first-order valence-electron chi connectivity index (χ1n) is 8.28. The molecule has 1 saturated heterocycles. The molecule has 0 aromatic carbocycles. The second-order valence-corrected chi connectivity index (χ2v) is 8.25. The highest BCUT2D eigenvalue weighted by Crippen LogP contribution is 2.61. The van der Waals surface area contributed by atoms with Crippen LogP contribution in [0.25, 0.3) is 0 Å². The van der Waals surface area contributed by atoms with Crippen LogP contribution in [0.15, 0.2) is 0 Å². The zero-order chi connectivity index (χ0) is 15.4. The highest BCUT2D eigenvalue weighted by atomic mass is 16.6. The van der Waals surface area contributed by atoms with Crippen LogP contribution in [0.3, 0.4) is 0 Å². The molecule has 0 N–H and O–H groups in total. The average Bonchev–Trinajstić information content (AvgIpc) is 2.52. The van der Waals surface area contributed by atoms with Crippen LogP contribution in [-0.2, 0) is 9.53 Å². The van der Waals surface area contributed by atoms with E-state index >= 15 is 0 Å². The number of nitrogens with zero attached hydrogens (tertiary/aromatic N) is 1. The third-order valence-corrected chi connectivity index (χ3v) is 5.33. The lowest BCUT2D eigenvalue weighted by Gasteiger charge is -2.63. The van der Waals surface area contributed by atoms with Gasteiger partial charge in [0.1, 0.15) is 11.4 Å². The molecule has 0 aromatic rings. The van der Waals surface area contributed by atoms with Gasteiger partial charge >= 0.3 is 6.09 Å². The first-order chi connectivity index (χ1) is 9.74. The molecule has 0 aromatic heterocycles. The number of likely N-dealkylation sites (tertiary alicyclic amines) is 1. The SMILES string of the molecule is CC1CC2(C1)C(=O)[C@@H]1CCCCN(C(=O)OC(C)(C)C)[C@@H]12. The predicted molar refractivity (Wildman–Crippen MR) is 79.9 cm³/mol. The van der Waals surface area contributed by atoms with E-state index in [1.807, 2.05) is 25.7 Å². The quantitative estimate of drug-likeness (QED) is 0.688. The fraction of sp³-hybridized carbons (Fsp3) is 0.882. The van der Waals surface area contributed by atoms with Crippen molar-refractivity contribution in [2.75, 3.05) is 6.54 Å². The third-order valence-electron chi connectivity index (χ3n) is 5.33. The Balaban J connectivity index is 1.82. The number of Topliss-reactive ketones (excluding diaryl/α,β-unsaturated/α-hetero) is 1. The van der Waals surface area contributed by atoms with Crippen molar-refractivity contribution in [2.45, 2.75) is 71.4 Å². The van der Waals surface area contributed by atoms with Crippen LogP contribution in [0.5, 0.6) is 0 Å². The Bertz CT molecular complexity index is 459. The molecule has 1 spiro atoms. The fourth-order valence-corrected chi connectivity index (χ4v) is 4.69. The first kappa shape index (κ1) is 14.9. The molecule has 1 aliphatic heterocycles. The van der Waals surface area contributed by atoms with E-state index < -0.39 is 5.60 Å². The number of ketones is 1. The molecule has 2 atom stereocenters. The number of hydrogen-bond donors (Lipinski definition) is 0. The highest BCUT2D eigenvalue weighted by molar-refractivity contribution is 5.97. The Morgan fingerprint density at radius 3 is 2.52 bits per heavy atom. The Hall–Kier alpha value is -1.06. The predicted octanol–water partition coefficient (Wildman–Crippen LogP) is 3.39. The Labute approximate surface area is 127 Å². The molecule has 118 valence electrons. The van der Waals surface area contributed by atoms with Gasteiger partial charge in [-0.05, 0) is 52.4 Å². The molecule has 3 fully saturated rings. The van der Waals surface area contributed by atoms with E-state index in [0.29, 0.717) is 11.7 Å². The fourth-order valence-electron chi connectivity index (χ4n) is 4.69. The largest absolute Gasteiger partial charge is 0.444 e. The van der Waals surface area contributed by atoms with Crippen LogP contribution in [0.4, 0.5) is 4.79 Å². The van der Waals surface area contributed by atoms with Crippen molar-refractivity contribution < 1.29 is 14.3 Å². The standard InChI is InChI=1S/C17H27NO3/c1-11-9-17(10-11)13-12(14(17)19)7-5-6-8-18(13)15(20)21-16(2,3)4/h11-13H,5-10H2,1-4H3/t11?,12-,13+,17?/m1/s1. The molecule has 1 heterocycles. The highest BCUT2D eigenvalue weighted by Gasteiger charge is 2.68. The van der Waals surface area contributed by atoms with Gasteiger partial charge in [0.05, 0.1) is 11.5 Å². The van der Waals surface area contributed by atoms with Gasteiger partial charge in [-0.1, -0.05) is 13.3 Å². The molecular formula is C17H27NO3. The van der Waals surface area contributed by atoms with Crippen molar-refractivity contribution >= 4 is 11.9 Å². The molecule has 4 nitrogen and oxygen atoms in total. The van der Waals surface area contributed by atoms with E-state index in [1.165, 1.54) is 0 Å². The van der Waals surface area contributed by atoms with Gasteiger partial charge in [-0.25, -0.2) is 4.79 Å². The molecule has 0 unspecified atom stereocenters. The third kappa shape index (κ3) is 2.27. The summed E-state index contributed by atoms with van der Waals surface area (Å²) in [5, 5.41) is 0. The molecule has 4 heteroatoms. The van der Waals surface area contributed by atoms with Gasteiger partial charge in [-0.15, -0.1) is 0 Å². The van der Waals surface area contributed by atoms with Crippen molar-refractivity contribution in [3.63, 3.8) is 0 Å². The van der Waals surface area contributed by atoms with E-state index in [-0.39, 0.29) is 23.5 Å². The van der Waals surface area contributed by atoms with Gasteiger partial charge in [-0.3, -0.25) is 4.79 Å². The van der Waals surface area contributed by atoms with Crippen molar-refractivity contribution in [3.8, 4) is 0 Å². The number of hydrogen-bond acceptors (Lipinski definition) is 3. The lowest BCUT2D eigenvalue weighted by Crippen LogP contribution is -2.72. The summed E-state index contributed by atoms with van der Waals surface area (Å²) in [4.78, 5) is 27.0. The van der Waals surface area contributed by atoms with Gasteiger partial charge in [0.25, 0.3) is 0 Å². The zero-order valence-electron chi connectivity index (χ0n) is 13.6. The van der Waals surface area contributed by atoms with Crippen molar-refractivity contribution in [2.24, 2.45) is 17.3 Å². The monoisotopic (exact) mass is 293 g/mol. The van der Waals surface area contributed by atoms with E-state index in [2.05, 4.69) is 6.92 Å². The van der Waals surface area contributed by atoms with Gasteiger partial charge in [0.15, 0.2) is 0 Å². The van der Waals surface area contributed by atoms with Gasteiger partial charge < -0.3 is 9.64 Å². The summed E-state index contributed by atoms with van der Waals surface area (Å²) < 4.78 is 5.59. The number of carbonyl (C=O) groups is 2. The second-order valence-electron chi connectivity index (χ2n) is 8.25. The Morgan fingerprint density at radius 1 is 1.29 bits per heavy atom. The maximum absolute atomic E-state index is 12.6. The minimum Gasteiger partial charge on any atom is -0.444 e. The molecule has 0 radical (unpaired) electrons. The lowest BCUT2D eigenvalue weighted by atomic mass is 9.44. The minimum absolute atomic E-state index is 0.0625. The average molecular weight is 293 g/mol. The minimum atomic E-state index is -0.479. The van der Waals surface area contributed by atoms with Crippen LogP contribution in [0, 0.1) is 17.3 Å². The number of carbonyl (C=O) groups excluding carboxylic acids is 2. The van der Waals surface area contributed by atoms with Crippen LogP contribution < -0.4 is 0 Å². The van der Waals surface area contributed by atoms with E-state index in [4.69, 9.17) is 4.74 Å². The summed E-state index contributed by atoms with van der Waals surface area (Å²) in [6.45, 7) is 8.62. The Morgan fingerprint density at radius 2 is 1.95 bits per heavy atom. The maximum Gasteiger partial charge on any atom is 0.410 e. The summed E-state index contributed by atoms with van der Waals surface area (Å²) in [7, 11) is 0. The van der Waals surface area contributed by atoms with Gasteiger partial charge in [0, 0.05) is 12.5 Å². The number of fused-ring (bicyclic) bond motifs is 2. The van der Waals surface area contributed by atoms with Gasteiger partial charge in [0.2, 0.25) is 0 Å². The zero-order valence-corrected chi connectivity index (χ0v) is 13.6. The molecule has 1 amide bonds. The summed E-state index contributed by atoms with van der Waals surface area (Å²) in [5.41, 5.74) is -0.710. The van der Waals surface area contributed by atoms with Crippen molar-refractivity contribution in [3.05, 3.63) is 0 Å². The second kappa shape index (κ2) is 4.72. The molecule has 2 saturated carbocycles. The first-order valence-corrected chi connectivity index (χ1v) is 8.28. The van der Waals surface area contributed by atoms with Crippen LogP contribution in [0.1, 0.15) is 59.8 Å². The van der Waals surface area contributed by atoms with Gasteiger partial charge in [-0.2, -0.15) is 0 Å². The topological polar surface area (TPSA) is 46.6 Å². The number of ether oxygens (including phenoxy) is 1.